The SMILES string of the molecule is OC(=Cc1ccccc1)O[SiH3]. The summed E-state index contributed by atoms with van der Waals surface area (Å²) < 4.78 is 4.71. The summed E-state index contributed by atoms with van der Waals surface area (Å²) in [4.78, 5) is 0. The van der Waals surface area contributed by atoms with Gasteiger partial charge in [0.2, 0.25) is 10.5 Å². The number of rotatable bonds is 2. The minimum absolute atomic E-state index is 0.0112. The predicted molar refractivity (Wildman–Crippen MR) is 48.1 cm³/mol. The molecule has 1 aromatic carbocycles. The molecule has 1 rings (SSSR count). The number of hydrogen-bond acceptors (Lipinski definition) is 2. The highest BCUT2D eigenvalue weighted by Gasteiger charge is 1.88. The highest BCUT2D eigenvalue weighted by atomic mass is 28.2. The smallest absolute Gasteiger partial charge is 0.262 e. The molecule has 0 unspecified atom stereocenters. The summed E-state index contributed by atoms with van der Waals surface area (Å²) >= 11 is 0. The Hall–Kier alpha value is -1.22. The standard InChI is InChI=1S/C8H10O2Si/c9-8(10-11)6-7-4-2-1-3-5-7/h1-6,9H,11H3. The number of aliphatic hydroxyl groups is 1. The van der Waals surface area contributed by atoms with Crippen LogP contribution in [-0.2, 0) is 4.43 Å². The monoisotopic (exact) mass is 166 g/mol. The largest absolute Gasteiger partial charge is 0.529 e. The van der Waals surface area contributed by atoms with E-state index in [1.807, 2.05) is 30.3 Å². The van der Waals surface area contributed by atoms with Crippen molar-refractivity contribution in [2.45, 2.75) is 0 Å². The van der Waals surface area contributed by atoms with E-state index < -0.39 is 0 Å². The maximum atomic E-state index is 8.98. The van der Waals surface area contributed by atoms with Gasteiger partial charge in [-0.05, 0) is 5.56 Å². The van der Waals surface area contributed by atoms with Crippen LogP contribution in [0.1, 0.15) is 5.56 Å². The molecular weight excluding hydrogens is 156 g/mol. The maximum Gasteiger partial charge on any atom is 0.262 e. The van der Waals surface area contributed by atoms with E-state index in [4.69, 9.17) is 9.53 Å². The van der Waals surface area contributed by atoms with Crippen molar-refractivity contribution in [1.29, 1.82) is 0 Å². The molecule has 0 radical (unpaired) electrons. The molecule has 0 heterocycles. The van der Waals surface area contributed by atoms with E-state index in [1.54, 1.807) is 6.08 Å². The van der Waals surface area contributed by atoms with Crippen LogP contribution >= 0.6 is 0 Å². The molecule has 0 atom stereocenters. The van der Waals surface area contributed by atoms with Crippen molar-refractivity contribution in [2.75, 3.05) is 0 Å². The summed E-state index contributed by atoms with van der Waals surface area (Å²) in [7, 11) is 0.515. The van der Waals surface area contributed by atoms with Crippen LogP contribution in [0.15, 0.2) is 36.3 Å². The number of hydrogen-bond donors (Lipinski definition) is 1. The Morgan fingerprint density at radius 2 is 2.00 bits per heavy atom. The Labute approximate surface area is 68.7 Å². The summed E-state index contributed by atoms with van der Waals surface area (Å²) in [6.45, 7) is 0. The first-order chi connectivity index (χ1) is 5.33. The third-order valence-corrected chi connectivity index (χ3v) is 1.72. The molecule has 3 heteroatoms. The van der Waals surface area contributed by atoms with Crippen LogP contribution < -0.4 is 0 Å². The molecular formula is C8H10O2Si. The molecule has 0 aliphatic heterocycles. The lowest BCUT2D eigenvalue weighted by Gasteiger charge is -1.96. The molecule has 11 heavy (non-hydrogen) atoms. The van der Waals surface area contributed by atoms with Crippen molar-refractivity contribution in [2.24, 2.45) is 0 Å². The van der Waals surface area contributed by atoms with E-state index in [0.29, 0.717) is 10.5 Å². The Balaban J connectivity index is 2.79. The van der Waals surface area contributed by atoms with Gasteiger partial charge in [0.15, 0.2) is 0 Å². The zero-order chi connectivity index (χ0) is 8.10. The molecule has 0 aliphatic carbocycles. The van der Waals surface area contributed by atoms with E-state index in [2.05, 4.69) is 0 Å². The van der Waals surface area contributed by atoms with E-state index in [9.17, 15) is 0 Å². The highest BCUT2D eigenvalue weighted by Crippen LogP contribution is 2.03. The van der Waals surface area contributed by atoms with Gasteiger partial charge < -0.3 is 9.53 Å². The zero-order valence-corrected chi connectivity index (χ0v) is 8.32. The van der Waals surface area contributed by atoms with Crippen LogP contribution in [0, 0.1) is 0 Å². The van der Waals surface area contributed by atoms with Gasteiger partial charge in [-0.2, -0.15) is 0 Å². The van der Waals surface area contributed by atoms with E-state index in [1.165, 1.54) is 0 Å². The van der Waals surface area contributed by atoms with Crippen LogP contribution in [0.4, 0.5) is 0 Å². The second kappa shape index (κ2) is 3.83. The van der Waals surface area contributed by atoms with Crippen molar-refractivity contribution in [3.05, 3.63) is 41.8 Å². The van der Waals surface area contributed by atoms with Crippen molar-refractivity contribution < 1.29 is 9.53 Å². The number of aliphatic hydroxyl groups excluding tert-OH is 1. The quantitative estimate of drug-likeness (QED) is 0.521. The van der Waals surface area contributed by atoms with Gasteiger partial charge in [-0.15, -0.1) is 0 Å². The van der Waals surface area contributed by atoms with Crippen LogP contribution in [0.25, 0.3) is 6.08 Å². The third-order valence-electron chi connectivity index (χ3n) is 1.30. The zero-order valence-electron chi connectivity index (χ0n) is 6.32. The lowest BCUT2D eigenvalue weighted by atomic mass is 10.2. The topological polar surface area (TPSA) is 29.5 Å². The van der Waals surface area contributed by atoms with Crippen molar-refractivity contribution >= 4 is 16.6 Å². The Bertz CT molecular complexity index is 244. The van der Waals surface area contributed by atoms with Crippen LogP contribution in [0.2, 0.25) is 0 Å². The first-order valence-electron chi connectivity index (χ1n) is 3.32. The molecule has 1 N–H and O–H groups in total. The lowest BCUT2D eigenvalue weighted by molar-refractivity contribution is 0.228. The Kier molecular flexibility index (Phi) is 2.74. The molecule has 0 amide bonds. The van der Waals surface area contributed by atoms with E-state index in [-0.39, 0.29) is 5.95 Å². The molecule has 0 saturated heterocycles. The summed E-state index contributed by atoms with van der Waals surface area (Å²) in [5.74, 6) is -0.0112. The van der Waals surface area contributed by atoms with E-state index in [0.717, 1.165) is 5.56 Å². The third kappa shape index (κ3) is 2.47. The minimum Gasteiger partial charge on any atom is -0.529 e. The minimum atomic E-state index is -0.0112. The van der Waals surface area contributed by atoms with Gasteiger partial charge in [0.25, 0.3) is 5.95 Å². The molecule has 58 valence electrons. The molecule has 0 saturated carbocycles. The molecule has 0 bridgehead atoms. The van der Waals surface area contributed by atoms with Crippen LogP contribution in [0.3, 0.4) is 0 Å². The normalized spacial score (nSPS) is 11.5. The van der Waals surface area contributed by atoms with E-state index >= 15 is 0 Å². The average molecular weight is 166 g/mol. The maximum absolute atomic E-state index is 8.98. The van der Waals surface area contributed by atoms with Gasteiger partial charge in [0, 0.05) is 6.08 Å². The van der Waals surface area contributed by atoms with Gasteiger partial charge in [0.1, 0.15) is 0 Å². The Morgan fingerprint density at radius 3 is 2.55 bits per heavy atom. The fraction of sp³-hybridized carbons (Fsp3) is 0. The fourth-order valence-electron chi connectivity index (χ4n) is 0.751. The van der Waals surface area contributed by atoms with Crippen LogP contribution in [0.5, 0.6) is 0 Å². The van der Waals surface area contributed by atoms with Gasteiger partial charge in [-0.3, -0.25) is 0 Å². The summed E-state index contributed by atoms with van der Waals surface area (Å²) in [6, 6.07) is 9.54. The van der Waals surface area contributed by atoms with Crippen molar-refractivity contribution in [1.82, 2.24) is 0 Å². The summed E-state index contributed by atoms with van der Waals surface area (Å²) in [6.07, 6.45) is 1.59. The van der Waals surface area contributed by atoms with Gasteiger partial charge in [0.05, 0.1) is 0 Å². The first-order valence-corrected chi connectivity index (χ1v) is 4.14. The molecule has 0 spiro atoms. The lowest BCUT2D eigenvalue weighted by Crippen LogP contribution is -1.84. The van der Waals surface area contributed by atoms with Gasteiger partial charge in [-0.25, -0.2) is 0 Å². The Morgan fingerprint density at radius 1 is 1.36 bits per heavy atom. The van der Waals surface area contributed by atoms with Crippen molar-refractivity contribution in [3.8, 4) is 0 Å². The second-order valence-corrected chi connectivity index (χ2v) is 2.51. The average Bonchev–Trinajstić information content (AvgIpc) is 2.06. The fourth-order valence-corrected chi connectivity index (χ4v) is 0.869. The molecule has 0 aromatic heterocycles. The number of benzene rings is 1. The summed E-state index contributed by atoms with van der Waals surface area (Å²) in [5.41, 5.74) is 0.945. The first kappa shape index (κ1) is 7.88. The van der Waals surface area contributed by atoms with Gasteiger partial charge >= 0.3 is 0 Å². The predicted octanol–water partition coefficient (Wildman–Crippen LogP) is 0.840. The molecule has 0 fully saturated rings. The molecule has 0 aliphatic rings. The van der Waals surface area contributed by atoms with Crippen LogP contribution in [-0.4, -0.2) is 15.6 Å². The second-order valence-electron chi connectivity index (χ2n) is 2.10. The van der Waals surface area contributed by atoms with Gasteiger partial charge in [-0.1, -0.05) is 30.3 Å². The highest BCUT2D eigenvalue weighted by molar-refractivity contribution is 5.98. The summed E-state index contributed by atoms with van der Waals surface area (Å²) in [5, 5.41) is 8.98. The molecule has 2 nitrogen and oxygen atoms in total. The van der Waals surface area contributed by atoms with Crippen molar-refractivity contribution in [3.63, 3.8) is 0 Å². The molecule has 1 aromatic rings.